The highest BCUT2D eigenvalue weighted by molar-refractivity contribution is 5.95. The Morgan fingerprint density at radius 2 is 0.929 bits per heavy atom. The molecule has 0 spiro atoms. The number of carbonyl (C=O) groups excluding carboxylic acids is 6. The van der Waals surface area contributed by atoms with Crippen molar-refractivity contribution in [2.45, 2.75) is 177 Å². The Hall–Kier alpha value is -4.90. The molecule has 0 aromatic heterocycles. The van der Waals surface area contributed by atoms with Crippen LogP contribution in [0.15, 0.2) is 48.5 Å². The maximum absolute atomic E-state index is 14.4. The van der Waals surface area contributed by atoms with Crippen LogP contribution in [-0.2, 0) is 51.1 Å². The van der Waals surface area contributed by atoms with E-state index in [1.54, 1.807) is 37.7 Å². The van der Waals surface area contributed by atoms with Crippen LogP contribution >= 0.6 is 0 Å². The Labute approximate surface area is 414 Å². The summed E-state index contributed by atoms with van der Waals surface area (Å²) in [5, 5.41) is 18.7. The van der Waals surface area contributed by atoms with Crippen LogP contribution < -0.4 is 31.9 Å². The van der Waals surface area contributed by atoms with Crippen LogP contribution in [0.25, 0.3) is 0 Å². The molecule has 4 fully saturated rings. The molecule has 2 aromatic rings. The van der Waals surface area contributed by atoms with E-state index in [-0.39, 0.29) is 72.7 Å². The molecule has 2 aliphatic heterocycles. The number of nitrogens with zero attached hydrogens (tertiary/aromatic N) is 2. The van der Waals surface area contributed by atoms with E-state index in [1.165, 1.54) is 0 Å². The Kier molecular flexibility index (Phi) is 17.6. The maximum Gasteiger partial charge on any atom is 0.246 e. The largest absolute Gasteiger partial charge is 0.373 e. The van der Waals surface area contributed by atoms with Crippen molar-refractivity contribution >= 4 is 35.4 Å². The monoisotopic (exact) mass is 967 g/mol. The third kappa shape index (κ3) is 11.7. The number of carbonyl (C=O) groups is 6. The molecule has 16 heteroatoms. The SMILES string of the molecule is CNC(C)C(=O)NC(C(=O)N1CCCC1C(=O)NC1c2ccccc2CC1OCCOC1Cc2ccccc2C1NC(=O)C1CCCN1C(=O)C(NC(=O)C(C)NC)C1CCCCC1)C1CCCCC1. The smallest absolute Gasteiger partial charge is 0.246 e. The second-order valence-electron chi connectivity index (χ2n) is 20.8. The van der Waals surface area contributed by atoms with Crippen LogP contribution in [0.2, 0.25) is 0 Å². The summed E-state index contributed by atoms with van der Waals surface area (Å²) in [5.74, 6) is -1.20. The number of amides is 6. The van der Waals surface area contributed by atoms with E-state index in [1.807, 2.05) is 36.4 Å². The third-order valence-corrected chi connectivity index (χ3v) is 16.4. The van der Waals surface area contributed by atoms with Crippen LogP contribution in [0.1, 0.15) is 138 Å². The number of nitrogens with one attached hydrogen (secondary N) is 6. The normalized spacial score (nSPS) is 26.4. The third-order valence-electron chi connectivity index (χ3n) is 16.4. The van der Waals surface area contributed by atoms with Gasteiger partial charge in [0.05, 0.1) is 49.6 Å². The topological polar surface area (TPSA) is 200 Å². The summed E-state index contributed by atoms with van der Waals surface area (Å²) in [6.45, 7) is 4.95. The zero-order chi connectivity index (χ0) is 49.3. The van der Waals surface area contributed by atoms with Gasteiger partial charge in [0.1, 0.15) is 24.2 Å². The molecule has 6 aliphatic rings. The molecule has 2 saturated heterocycles. The molecule has 10 unspecified atom stereocenters. The van der Waals surface area contributed by atoms with Crippen LogP contribution in [-0.4, -0.2) is 134 Å². The van der Waals surface area contributed by atoms with Gasteiger partial charge in [-0.2, -0.15) is 0 Å². The van der Waals surface area contributed by atoms with Gasteiger partial charge in [0, 0.05) is 25.9 Å². The molecule has 6 N–H and O–H groups in total. The van der Waals surface area contributed by atoms with Crippen molar-refractivity contribution in [3.05, 3.63) is 70.8 Å². The van der Waals surface area contributed by atoms with Gasteiger partial charge in [-0.1, -0.05) is 87.1 Å². The Bertz CT molecular complexity index is 2010. The fourth-order valence-electron chi connectivity index (χ4n) is 12.1. The van der Waals surface area contributed by atoms with E-state index in [0.29, 0.717) is 51.6 Å². The summed E-state index contributed by atoms with van der Waals surface area (Å²) in [6.07, 6.45) is 12.6. The number of benzene rings is 2. The lowest BCUT2D eigenvalue weighted by atomic mass is 9.83. The predicted octanol–water partition coefficient (Wildman–Crippen LogP) is 3.91. The first-order valence-corrected chi connectivity index (χ1v) is 26.5. The second-order valence-corrected chi connectivity index (χ2v) is 20.8. The highest BCUT2D eigenvalue weighted by Crippen LogP contribution is 2.37. The number of hydrogen-bond donors (Lipinski definition) is 6. The first-order valence-electron chi connectivity index (χ1n) is 26.5. The van der Waals surface area contributed by atoms with E-state index in [9.17, 15) is 28.8 Å². The van der Waals surface area contributed by atoms with E-state index in [4.69, 9.17) is 9.47 Å². The fourth-order valence-corrected chi connectivity index (χ4v) is 12.1. The van der Waals surface area contributed by atoms with Crippen molar-refractivity contribution in [1.29, 1.82) is 0 Å². The Balaban J connectivity index is 0.898. The highest BCUT2D eigenvalue weighted by atomic mass is 16.5. The Morgan fingerprint density at radius 3 is 1.31 bits per heavy atom. The van der Waals surface area contributed by atoms with Gasteiger partial charge in [-0.25, -0.2) is 0 Å². The summed E-state index contributed by atoms with van der Waals surface area (Å²) >= 11 is 0. The van der Waals surface area contributed by atoms with Gasteiger partial charge in [0.2, 0.25) is 35.4 Å². The van der Waals surface area contributed by atoms with Crippen molar-refractivity contribution in [1.82, 2.24) is 41.7 Å². The molecule has 2 aromatic carbocycles. The first-order chi connectivity index (χ1) is 34.0. The van der Waals surface area contributed by atoms with Gasteiger partial charge < -0.3 is 51.2 Å². The van der Waals surface area contributed by atoms with Crippen molar-refractivity contribution < 1.29 is 38.2 Å². The number of likely N-dealkylation sites (tertiary alicyclic amines) is 2. The Morgan fingerprint density at radius 1 is 0.543 bits per heavy atom. The van der Waals surface area contributed by atoms with Gasteiger partial charge in [0.25, 0.3) is 0 Å². The van der Waals surface area contributed by atoms with Gasteiger partial charge in [-0.3, -0.25) is 28.8 Å². The average Bonchev–Trinajstić information content (AvgIpc) is 4.22. The molecular formula is C54H78N8O8. The molecule has 70 heavy (non-hydrogen) atoms. The number of ether oxygens (including phenoxy) is 2. The quantitative estimate of drug-likeness (QED) is 0.112. The summed E-state index contributed by atoms with van der Waals surface area (Å²) in [5.41, 5.74) is 4.15. The molecule has 16 nitrogen and oxygen atoms in total. The van der Waals surface area contributed by atoms with Crippen LogP contribution in [0, 0.1) is 11.8 Å². The summed E-state index contributed by atoms with van der Waals surface area (Å²) < 4.78 is 13.2. The fraction of sp³-hybridized carbons (Fsp3) is 0.667. The average molecular weight is 967 g/mol. The molecule has 2 heterocycles. The molecule has 382 valence electrons. The van der Waals surface area contributed by atoms with Crippen molar-refractivity contribution in [2.24, 2.45) is 11.8 Å². The number of fused-ring (bicyclic) bond motifs is 2. The van der Waals surface area contributed by atoms with E-state index >= 15 is 0 Å². The highest BCUT2D eigenvalue weighted by Gasteiger charge is 2.45. The van der Waals surface area contributed by atoms with E-state index in [2.05, 4.69) is 44.0 Å². The second kappa shape index (κ2) is 24.0. The minimum absolute atomic E-state index is 0.0245. The zero-order valence-corrected chi connectivity index (χ0v) is 41.8. The van der Waals surface area contributed by atoms with E-state index in [0.717, 1.165) is 86.5 Å². The van der Waals surface area contributed by atoms with Gasteiger partial charge in [-0.05, 0) is 113 Å². The minimum Gasteiger partial charge on any atom is -0.373 e. The standard InChI is InChI=1S/C54H78N8O8/c1-33(55-3)49(63)57-45(35-17-7-5-8-18-35)53(67)61-27-15-25-41(61)51(65)59-47-39-23-13-11-21-37(39)31-43(47)69-29-30-70-44-32-38-22-12-14-24-40(38)48(44)60-52(66)42-26-16-28-62(42)54(68)46(36-19-9-6-10-20-36)58-50(64)34(2)56-4/h11-14,21-24,33-36,41-48,55-56H,5-10,15-20,25-32H2,1-4H3,(H,57,63)(H,58,64)(H,59,65)(H,60,66). The molecule has 4 aliphatic carbocycles. The minimum atomic E-state index is -0.681. The lowest BCUT2D eigenvalue weighted by Crippen LogP contribution is -2.58. The summed E-state index contributed by atoms with van der Waals surface area (Å²) in [6, 6.07) is 11.6. The first kappa shape index (κ1) is 51.5. The van der Waals surface area contributed by atoms with Crippen LogP contribution in [0.5, 0.6) is 0 Å². The lowest BCUT2D eigenvalue weighted by molar-refractivity contribution is -0.143. The van der Waals surface area contributed by atoms with Crippen molar-refractivity contribution in [2.75, 3.05) is 40.4 Å². The molecule has 0 bridgehead atoms. The molecule has 0 radical (unpaired) electrons. The number of rotatable bonds is 19. The lowest BCUT2D eigenvalue weighted by Gasteiger charge is -2.35. The molecular weight excluding hydrogens is 889 g/mol. The van der Waals surface area contributed by atoms with Crippen LogP contribution in [0.3, 0.4) is 0 Å². The molecule has 10 atom stereocenters. The summed E-state index contributed by atoms with van der Waals surface area (Å²) in [4.78, 5) is 87.2. The van der Waals surface area contributed by atoms with Gasteiger partial charge >= 0.3 is 0 Å². The van der Waals surface area contributed by atoms with Crippen molar-refractivity contribution in [3.8, 4) is 0 Å². The molecule has 2 saturated carbocycles. The predicted molar refractivity (Wildman–Crippen MR) is 265 cm³/mol. The molecule has 8 rings (SSSR count). The number of likely N-dealkylation sites (N-methyl/N-ethyl adjacent to an activating group) is 2. The zero-order valence-electron chi connectivity index (χ0n) is 41.8. The molecule has 6 amide bonds. The summed E-state index contributed by atoms with van der Waals surface area (Å²) in [7, 11) is 3.45. The van der Waals surface area contributed by atoms with Gasteiger partial charge in [-0.15, -0.1) is 0 Å². The number of hydrogen-bond acceptors (Lipinski definition) is 10. The van der Waals surface area contributed by atoms with Gasteiger partial charge in [0.15, 0.2) is 0 Å². The van der Waals surface area contributed by atoms with Crippen LogP contribution in [0.4, 0.5) is 0 Å². The maximum atomic E-state index is 14.4. The van der Waals surface area contributed by atoms with Crippen molar-refractivity contribution in [3.63, 3.8) is 0 Å². The van der Waals surface area contributed by atoms with E-state index < -0.39 is 48.3 Å².